The monoisotopic (exact) mass is 254 g/mol. The van der Waals surface area contributed by atoms with Crippen molar-refractivity contribution in [1.82, 2.24) is 0 Å². The van der Waals surface area contributed by atoms with Crippen LogP contribution in [0.3, 0.4) is 0 Å². The molecule has 0 heterocycles. The van der Waals surface area contributed by atoms with Crippen LogP contribution in [0.2, 0.25) is 0 Å². The molecular formula is C12H14O6. The quantitative estimate of drug-likeness (QED) is 0.750. The standard InChI is InChI=1S/C12H14O6/c1-17-11(15)7-3-4-8(12(16)18-2)9(5-7)10(14)6-13/h3-5,10,13-14H,6H2,1-2H3. The number of aliphatic hydroxyl groups is 2. The Bertz CT molecular complexity index is 454. The van der Waals surface area contributed by atoms with Gasteiger partial charge in [0.2, 0.25) is 0 Å². The van der Waals surface area contributed by atoms with Gasteiger partial charge in [-0.1, -0.05) is 0 Å². The van der Waals surface area contributed by atoms with Crippen molar-refractivity contribution in [2.24, 2.45) is 0 Å². The highest BCUT2D eigenvalue weighted by molar-refractivity contribution is 5.94. The number of esters is 2. The molecule has 6 nitrogen and oxygen atoms in total. The van der Waals surface area contributed by atoms with E-state index in [2.05, 4.69) is 9.47 Å². The Morgan fingerprint density at radius 1 is 1.22 bits per heavy atom. The zero-order valence-corrected chi connectivity index (χ0v) is 10.0. The van der Waals surface area contributed by atoms with Gasteiger partial charge < -0.3 is 19.7 Å². The Morgan fingerprint density at radius 2 is 1.83 bits per heavy atom. The lowest BCUT2D eigenvalue weighted by Crippen LogP contribution is -2.13. The average molecular weight is 254 g/mol. The first-order valence-electron chi connectivity index (χ1n) is 5.14. The average Bonchev–Trinajstić information content (AvgIpc) is 2.43. The summed E-state index contributed by atoms with van der Waals surface area (Å²) >= 11 is 0. The van der Waals surface area contributed by atoms with Crippen molar-refractivity contribution in [2.45, 2.75) is 6.10 Å². The lowest BCUT2D eigenvalue weighted by atomic mass is 9.99. The smallest absolute Gasteiger partial charge is 0.338 e. The molecule has 2 N–H and O–H groups in total. The summed E-state index contributed by atoms with van der Waals surface area (Å²) in [5.41, 5.74) is 0.381. The Labute approximate surface area is 104 Å². The maximum absolute atomic E-state index is 11.5. The Hall–Kier alpha value is -1.92. The van der Waals surface area contributed by atoms with E-state index in [9.17, 15) is 14.7 Å². The maximum atomic E-state index is 11.5. The number of rotatable bonds is 4. The van der Waals surface area contributed by atoms with Gasteiger partial charge in [0.25, 0.3) is 0 Å². The normalized spacial score (nSPS) is 11.8. The fraction of sp³-hybridized carbons (Fsp3) is 0.333. The van der Waals surface area contributed by atoms with Crippen LogP contribution in [0.5, 0.6) is 0 Å². The number of hydrogen-bond donors (Lipinski definition) is 2. The Morgan fingerprint density at radius 3 is 2.33 bits per heavy atom. The molecule has 1 atom stereocenters. The van der Waals surface area contributed by atoms with E-state index >= 15 is 0 Å². The van der Waals surface area contributed by atoms with Crippen LogP contribution in [-0.4, -0.2) is 43.0 Å². The van der Waals surface area contributed by atoms with Crippen molar-refractivity contribution < 1.29 is 29.3 Å². The van der Waals surface area contributed by atoms with Crippen molar-refractivity contribution in [2.75, 3.05) is 20.8 Å². The molecule has 6 heteroatoms. The summed E-state index contributed by atoms with van der Waals surface area (Å²) < 4.78 is 9.08. The van der Waals surface area contributed by atoms with Gasteiger partial charge >= 0.3 is 11.9 Å². The van der Waals surface area contributed by atoms with Gasteiger partial charge in [-0.15, -0.1) is 0 Å². The molecule has 0 aromatic heterocycles. The highest BCUT2D eigenvalue weighted by atomic mass is 16.5. The van der Waals surface area contributed by atoms with E-state index < -0.39 is 24.6 Å². The molecule has 0 aliphatic carbocycles. The fourth-order valence-electron chi connectivity index (χ4n) is 1.48. The van der Waals surface area contributed by atoms with Crippen LogP contribution in [0.15, 0.2) is 18.2 Å². The minimum Gasteiger partial charge on any atom is -0.465 e. The number of carbonyl (C=O) groups is 2. The molecule has 0 amide bonds. The third kappa shape index (κ3) is 2.85. The van der Waals surface area contributed by atoms with Crippen molar-refractivity contribution in [3.8, 4) is 0 Å². The number of benzene rings is 1. The van der Waals surface area contributed by atoms with Crippen LogP contribution in [0.1, 0.15) is 32.4 Å². The largest absolute Gasteiger partial charge is 0.465 e. The van der Waals surface area contributed by atoms with Crippen LogP contribution < -0.4 is 0 Å². The van der Waals surface area contributed by atoms with Gasteiger partial charge in [0.15, 0.2) is 0 Å². The summed E-state index contributed by atoms with van der Waals surface area (Å²) in [7, 11) is 2.42. The zero-order valence-electron chi connectivity index (χ0n) is 10.0. The van der Waals surface area contributed by atoms with Gasteiger partial charge in [0.1, 0.15) is 6.10 Å². The second-order valence-corrected chi connectivity index (χ2v) is 3.48. The van der Waals surface area contributed by atoms with Gasteiger partial charge in [0.05, 0.1) is 32.0 Å². The van der Waals surface area contributed by atoms with Crippen LogP contribution in [0.4, 0.5) is 0 Å². The second-order valence-electron chi connectivity index (χ2n) is 3.48. The highest BCUT2D eigenvalue weighted by Crippen LogP contribution is 2.21. The number of hydrogen-bond acceptors (Lipinski definition) is 6. The number of aliphatic hydroxyl groups excluding tert-OH is 2. The van der Waals surface area contributed by atoms with Gasteiger partial charge in [0, 0.05) is 0 Å². The van der Waals surface area contributed by atoms with Gasteiger partial charge in [-0.2, -0.15) is 0 Å². The van der Waals surface area contributed by atoms with Crippen LogP contribution in [-0.2, 0) is 9.47 Å². The van der Waals surface area contributed by atoms with Crippen molar-refractivity contribution in [3.05, 3.63) is 34.9 Å². The van der Waals surface area contributed by atoms with E-state index in [4.69, 9.17) is 5.11 Å². The SMILES string of the molecule is COC(=O)c1ccc(C(=O)OC)c(C(O)CO)c1. The minimum atomic E-state index is -1.27. The molecule has 0 aliphatic heterocycles. The molecular weight excluding hydrogens is 240 g/mol. The molecule has 18 heavy (non-hydrogen) atoms. The molecule has 0 spiro atoms. The van der Waals surface area contributed by atoms with Gasteiger partial charge in [-0.05, 0) is 23.8 Å². The molecule has 0 bridgehead atoms. The summed E-state index contributed by atoms with van der Waals surface area (Å²) in [6, 6.07) is 4.01. The first-order valence-corrected chi connectivity index (χ1v) is 5.14. The van der Waals surface area contributed by atoms with Crippen molar-refractivity contribution in [3.63, 3.8) is 0 Å². The first-order chi connectivity index (χ1) is 8.54. The molecule has 0 radical (unpaired) electrons. The lowest BCUT2D eigenvalue weighted by Gasteiger charge is -2.13. The first kappa shape index (κ1) is 14.1. The third-order valence-electron chi connectivity index (χ3n) is 2.41. The van der Waals surface area contributed by atoms with Crippen molar-refractivity contribution >= 4 is 11.9 Å². The molecule has 1 unspecified atom stereocenters. The van der Waals surface area contributed by atoms with E-state index in [1.165, 1.54) is 32.4 Å². The summed E-state index contributed by atoms with van der Waals surface area (Å²) in [5.74, 6) is -1.26. The van der Waals surface area contributed by atoms with E-state index in [-0.39, 0.29) is 16.7 Å². The minimum absolute atomic E-state index is 0.0895. The second kappa shape index (κ2) is 6.13. The molecule has 98 valence electrons. The molecule has 1 rings (SSSR count). The van der Waals surface area contributed by atoms with E-state index in [1.807, 2.05) is 0 Å². The van der Waals surface area contributed by atoms with E-state index in [0.29, 0.717) is 0 Å². The Kier molecular flexibility index (Phi) is 4.82. The predicted molar refractivity (Wildman–Crippen MR) is 61.2 cm³/mol. The van der Waals surface area contributed by atoms with E-state index in [0.717, 1.165) is 0 Å². The van der Waals surface area contributed by atoms with Crippen molar-refractivity contribution in [1.29, 1.82) is 0 Å². The summed E-state index contributed by atoms with van der Waals surface area (Å²) in [5, 5.41) is 18.6. The molecule has 1 aromatic carbocycles. The Balaban J connectivity index is 3.29. The highest BCUT2D eigenvalue weighted by Gasteiger charge is 2.20. The predicted octanol–water partition coefficient (Wildman–Crippen LogP) is 0.286. The summed E-state index contributed by atoms with van der Waals surface area (Å²) in [6.07, 6.45) is -1.27. The fourth-order valence-corrected chi connectivity index (χ4v) is 1.48. The lowest BCUT2D eigenvalue weighted by molar-refractivity contribution is 0.0571. The van der Waals surface area contributed by atoms with Gasteiger partial charge in [-0.25, -0.2) is 9.59 Å². The molecule has 0 aliphatic rings. The summed E-state index contributed by atoms with van der Waals surface area (Å²) in [6.45, 7) is -0.575. The molecule has 0 saturated carbocycles. The molecule has 1 aromatic rings. The van der Waals surface area contributed by atoms with Crippen LogP contribution in [0, 0.1) is 0 Å². The number of carbonyl (C=O) groups excluding carboxylic acids is 2. The van der Waals surface area contributed by atoms with Crippen LogP contribution >= 0.6 is 0 Å². The third-order valence-corrected chi connectivity index (χ3v) is 2.41. The zero-order chi connectivity index (χ0) is 13.7. The molecule has 0 fully saturated rings. The maximum Gasteiger partial charge on any atom is 0.338 e. The number of ether oxygens (including phenoxy) is 2. The topological polar surface area (TPSA) is 93.1 Å². The van der Waals surface area contributed by atoms with Gasteiger partial charge in [-0.3, -0.25) is 0 Å². The number of methoxy groups -OCH3 is 2. The van der Waals surface area contributed by atoms with E-state index in [1.54, 1.807) is 0 Å². The summed E-state index contributed by atoms with van der Waals surface area (Å²) in [4.78, 5) is 22.8. The molecule has 0 saturated heterocycles. The van der Waals surface area contributed by atoms with Crippen LogP contribution in [0.25, 0.3) is 0 Å².